The SMILES string of the molecule is CB([SiH3])C(C)C.c1ccccc1. The first-order chi connectivity index (χ1) is 5.64. The lowest BCUT2D eigenvalue weighted by Crippen LogP contribution is -2.10. The summed E-state index contributed by atoms with van der Waals surface area (Å²) in [5.74, 6) is 0.914. The maximum absolute atomic E-state index is 2.30. The fraction of sp³-hybridized carbons (Fsp3) is 0.400. The molecule has 12 heavy (non-hydrogen) atoms. The van der Waals surface area contributed by atoms with Gasteiger partial charge in [0, 0.05) is 0 Å². The van der Waals surface area contributed by atoms with Crippen LogP contribution in [0.2, 0.25) is 12.6 Å². The van der Waals surface area contributed by atoms with E-state index < -0.39 is 0 Å². The Morgan fingerprint density at radius 1 is 0.917 bits per heavy atom. The van der Waals surface area contributed by atoms with Crippen LogP contribution in [-0.2, 0) is 0 Å². The molecule has 2 heteroatoms. The van der Waals surface area contributed by atoms with Crippen LogP contribution in [-0.4, -0.2) is 16.4 Å². The van der Waals surface area contributed by atoms with Crippen molar-refractivity contribution < 1.29 is 0 Å². The molecule has 0 fully saturated rings. The maximum Gasteiger partial charge on any atom is 0.122 e. The molecule has 0 bridgehead atoms. The summed E-state index contributed by atoms with van der Waals surface area (Å²) in [6.07, 6.45) is 0.991. The van der Waals surface area contributed by atoms with Crippen LogP contribution in [0.15, 0.2) is 36.4 Å². The predicted molar refractivity (Wildman–Crippen MR) is 63.1 cm³/mol. The molecule has 0 aromatic heterocycles. The minimum atomic E-state index is 0.914. The molecule has 0 aliphatic carbocycles. The summed E-state index contributed by atoms with van der Waals surface area (Å²) in [7, 11) is 1.35. The average Bonchev–Trinajstić information content (AvgIpc) is 2.08. The third-order valence-electron chi connectivity index (χ3n) is 2.00. The standard InChI is InChI=1S/C6H6.C4H13BSi/c1-2-4-6-5-3-1;1-4(2)5(3)6/h1-6H;4H,1-3,6H3. The zero-order valence-electron chi connectivity index (χ0n) is 8.62. The highest BCUT2D eigenvalue weighted by atomic mass is 28.1. The van der Waals surface area contributed by atoms with Crippen LogP contribution < -0.4 is 0 Å². The van der Waals surface area contributed by atoms with Crippen molar-refractivity contribution in [3.05, 3.63) is 36.4 Å². The monoisotopic (exact) mass is 178 g/mol. The Kier molecular flexibility index (Phi) is 6.87. The van der Waals surface area contributed by atoms with E-state index in [1.54, 1.807) is 0 Å². The second-order valence-corrected chi connectivity index (χ2v) is 5.46. The number of hydrogen-bond donors (Lipinski definition) is 0. The molecule has 0 saturated heterocycles. The highest BCUT2D eigenvalue weighted by molar-refractivity contribution is 7.03. The van der Waals surface area contributed by atoms with Crippen LogP contribution in [0.1, 0.15) is 13.8 Å². The quantitative estimate of drug-likeness (QED) is 0.577. The van der Waals surface area contributed by atoms with Gasteiger partial charge >= 0.3 is 0 Å². The van der Waals surface area contributed by atoms with Gasteiger partial charge in [-0.3, -0.25) is 0 Å². The van der Waals surface area contributed by atoms with E-state index in [0.29, 0.717) is 0 Å². The first-order valence-corrected chi connectivity index (χ1v) is 5.80. The third-order valence-corrected chi connectivity index (χ3v) is 3.33. The van der Waals surface area contributed by atoms with Crippen molar-refractivity contribution in [1.82, 2.24) is 0 Å². The van der Waals surface area contributed by atoms with Crippen LogP contribution in [0.4, 0.5) is 0 Å². The second-order valence-electron chi connectivity index (χ2n) is 3.64. The smallest absolute Gasteiger partial charge is 0.0887 e. The number of hydrogen-bond acceptors (Lipinski definition) is 0. The van der Waals surface area contributed by atoms with Crippen LogP contribution in [0.5, 0.6) is 0 Å². The molecular weight excluding hydrogens is 159 g/mol. The van der Waals surface area contributed by atoms with Crippen LogP contribution in [0.25, 0.3) is 0 Å². The molecule has 0 radical (unpaired) electrons. The molecule has 1 rings (SSSR count). The van der Waals surface area contributed by atoms with E-state index >= 15 is 0 Å². The van der Waals surface area contributed by atoms with Gasteiger partial charge in [0.05, 0.1) is 0 Å². The number of rotatable bonds is 1. The van der Waals surface area contributed by atoms with Gasteiger partial charge in [-0.25, -0.2) is 0 Å². The van der Waals surface area contributed by atoms with Crippen LogP contribution in [0.3, 0.4) is 0 Å². The van der Waals surface area contributed by atoms with Crippen LogP contribution >= 0.6 is 0 Å². The van der Waals surface area contributed by atoms with E-state index in [1.165, 1.54) is 10.1 Å². The van der Waals surface area contributed by atoms with Crippen molar-refractivity contribution in [2.24, 2.45) is 0 Å². The summed E-state index contributed by atoms with van der Waals surface area (Å²) < 4.78 is 0. The van der Waals surface area contributed by atoms with Crippen molar-refractivity contribution in [1.29, 1.82) is 0 Å². The van der Waals surface area contributed by atoms with Crippen molar-refractivity contribution in [2.45, 2.75) is 26.5 Å². The Morgan fingerprint density at radius 2 is 1.08 bits per heavy atom. The fourth-order valence-electron chi connectivity index (χ4n) is 0.385. The van der Waals surface area contributed by atoms with E-state index in [2.05, 4.69) is 20.7 Å². The molecule has 0 saturated carbocycles. The van der Waals surface area contributed by atoms with Crippen molar-refractivity contribution >= 4 is 16.4 Å². The van der Waals surface area contributed by atoms with E-state index in [1.807, 2.05) is 36.4 Å². The zero-order chi connectivity index (χ0) is 9.40. The third kappa shape index (κ3) is 7.61. The number of benzene rings is 1. The summed E-state index contributed by atoms with van der Waals surface area (Å²) in [6, 6.07) is 12.0. The first kappa shape index (κ1) is 11.5. The fourth-order valence-corrected chi connectivity index (χ4v) is 0.385. The Morgan fingerprint density at radius 3 is 1.17 bits per heavy atom. The predicted octanol–water partition coefficient (Wildman–Crippen LogP) is 2.07. The lowest BCUT2D eigenvalue weighted by Gasteiger charge is -2.01. The average molecular weight is 178 g/mol. The molecule has 0 atom stereocenters. The molecule has 0 spiro atoms. The minimum Gasteiger partial charge on any atom is -0.0887 e. The molecular formula is C10H19BSi. The van der Waals surface area contributed by atoms with E-state index in [4.69, 9.17) is 0 Å². The molecule has 0 unspecified atom stereocenters. The van der Waals surface area contributed by atoms with Gasteiger partial charge in [0.2, 0.25) is 0 Å². The summed E-state index contributed by atoms with van der Waals surface area (Å²) in [6.45, 7) is 6.85. The summed E-state index contributed by atoms with van der Waals surface area (Å²) in [5, 5.41) is 0. The van der Waals surface area contributed by atoms with Gasteiger partial charge in [0.25, 0.3) is 0 Å². The first-order valence-electron chi connectivity index (χ1n) is 4.64. The van der Waals surface area contributed by atoms with E-state index in [9.17, 15) is 0 Å². The van der Waals surface area contributed by atoms with Gasteiger partial charge in [-0.2, -0.15) is 0 Å². The molecule has 66 valence electrons. The molecule has 0 nitrogen and oxygen atoms in total. The largest absolute Gasteiger partial charge is 0.122 e. The van der Waals surface area contributed by atoms with Gasteiger partial charge in [-0.05, 0) is 10.1 Å². The molecule has 0 aliphatic rings. The van der Waals surface area contributed by atoms with Crippen molar-refractivity contribution in [3.8, 4) is 0 Å². The summed E-state index contributed by atoms with van der Waals surface area (Å²) >= 11 is 0. The Hall–Kier alpha value is -0.498. The highest BCUT2D eigenvalue weighted by Crippen LogP contribution is 2.01. The lowest BCUT2D eigenvalue weighted by molar-refractivity contribution is 1.06. The Bertz CT molecular complexity index is 140. The van der Waals surface area contributed by atoms with Gasteiger partial charge in [-0.15, -0.1) is 0 Å². The van der Waals surface area contributed by atoms with Crippen molar-refractivity contribution in [3.63, 3.8) is 0 Å². The maximum atomic E-state index is 2.30. The van der Waals surface area contributed by atoms with E-state index in [-0.39, 0.29) is 0 Å². The Labute approximate surface area is 79.8 Å². The van der Waals surface area contributed by atoms with Crippen LogP contribution in [0, 0.1) is 0 Å². The normalized spacial score (nSPS) is 9.00. The van der Waals surface area contributed by atoms with Gasteiger partial charge < -0.3 is 0 Å². The topological polar surface area (TPSA) is 0 Å². The van der Waals surface area contributed by atoms with Gasteiger partial charge in [-0.1, -0.05) is 62.9 Å². The Balaban J connectivity index is 0.000000202. The van der Waals surface area contributed by atoms with E-state index in [0.717, 1.165) is 12.1 Å². The molecule has 0 aliphatic heterocycles. The molecule has 0 amide bonds. The highest BCUT2D eigenvalue weighted by Gasteiger charge is 2.00. The molecule has 1 aromatic carbocycles. The zero-order valence-corrected chi connectivity index (χ0v) is 10.6. The van der Waals surface area contributed by atoms with Gasteiger partial charge in [0.1, 0.15) is 6.31 Å². The summed E-state index contributed by atoms with van der Waals surface area (Å²) in [4.78, 5) is 0. The molecule has 0 N–H and O–H groups in total. The molecule has 0 heterocycles. The second kappa shape index (κ2) is 7.17. The minimum absolute atomic E-state index is 0.914. The lowest BCUT2D eigenvalue weighted by atomic mass is 9.66. The molecule has 1 aromatic rings. The van der Waals surface area contributed by atoms with Gasteiger partial charge in [0.15, 0.2) is 0 Å². The summed E-state index contributed by atoms with van der Waals surface area (Å²) in [5.41, 5.74) is 0. The van der Waals surface area contributed by atoms with Crippen molar-refractivity contribution in [2.75, 3.05) is 0 Å².